The van der Waals surface area contributed by atoms with Gasteiger partial charge in [0.15, 0.2) is 0 Å². The van der Waals surface area contributed by atoms with E-state index in [1.807, 2.05) is 36.0 Å². The first-order valence-electron chi connectivity index (χ1n) is 6.72. The van der Waals surface area contributed by atoms with Crippen molar-refractivity contribution in [1.82, 2.24) is 19.7 Å². The maximum Gasteiger partial charge on any atom is 0.323 e. The Morgan fingerprint density at radius 1 is 1.25 bits per heavy atom. The van der Waals surface area contributed by atoms with Gasteiger partial charge in [-0.05, 0) is 25.0 Å². The van der Waals surface area contributed by atoms with E-state index in [9.17, 15) is 4.79 Å². The first kappa shape index (κ1) is 11.3. The molecule has 1 fully saturated rings. The van der Waals surface area contributed by atoms with Gasteiger partial charge in [0, 0.05) is 24.7 Å². The molecular weight excluding hydrogens is 254 g/mol. The summed E-state index contributed by atoms with van der Waals surface area (Å²) in [5.41, 5.74) is 3.50. The molecule has 20 heavy (non-hydrogen) atoms. The lowest BCUT2D eigenvalue weighted by atomic mass is 10.1. The highest BCUT2D eigenvalue weighted by Crippen LogP contribution is 2.28. The average molecular weight is 269 g/mol. The summed E-state index contributed by atoms with van der Waals surface area (Å²) in [5, 5.41) is 7.87. The van der Waals surface area contributed by atoms with Gasteiger partial charge in [-0.1, -0.05) is 6.07 Å². The molecule has 1 saturated carbocycles. The summed E-state index contributed by atoms with van der Waals surface area (Å²) in [5.74, 6) is 0.910. The predicted octanol–water partition coefficient (Wildman–Crippen LogP) is 1.83. The molecule has 3 N–H and O–H groups in total. The van der Waals surface area contributed by atoms with Crippen molar-refractivity contribution < 1.29 is 0 Å². The number of rotatable bonds is 3. The Bertz CT molecular complexity index is 837. The quantitative estimate of drug-likeness (QED) is 0.678. The molecule has 1 aliphatic carbocycles. The number of aromatic nitrogens is 4. The molecule has 0 saturated heterocycles. The normalized spacial score (nSPS) is 14.8. The molecule has 0 amide bonds. The van der Waals surface area contributed by atoms with Gasteiger partial charge in [-0.3, -0.25) is 4.68 Å². The fourth-order valence-corrected chi connectivity index (χ4v) is 2.44. The molecular formula is C14H15N5O. The number of aryl methyl sites for hydroxylation is 1. The van der Waals surface area contributed by atoms with Crippen molar-refractivity contribution in [2.24, 2.45) is 7.05 Å². The minimum absolute atomic E-state index is 0.182. The summed E-state index contributed by atoms with van der Waals surface area (Å²) in [6.07, 6.45) is 2.45. The predicted molar refractivity (Wildman–Crippen MR) is 77.8 cm³/mol. The Morgan fingerprint density at radius 3 is 2.85 bits per heavy atom. The highest BCUT2D eigenvalue weighted by molar-refractivity contribution is 5.81. The fraction of sp³-hybridized carbons (Fsp3) is 0.286. The molecule has 2 aromatic heterocycles. The van der Waals surface area contributed by atoms with Gasteiger partial charge in [0.1, 0.15) is 5.82 Å². The zero-order valence-electron chi connectivity index (χ0n) is 11.1. The molecule has 6 nitrogen and oxygen atoms in total. The summed E-state index contributed by atoms with van der Waals surface area (Å²) in [4.78, 5) is 16.8. The summed E-state index contributed by atoms with van der Waals surface area (Å²) in [6.45, 7) is 0. The van der Waals surface area contributed by atoms with Crippen LogP contribution in [0.15, 0.2) is 29.1 Å². The molecule has 6 heteroatoms. The van der Waals surface area contributed by atoms with E-state index in [4.69, 9.17) is 0 Å². The number of nitrogens with zero attached hydrogens (tertiary/aromatic N) is 2. The maximum atomic E-state index is 11.3. The van der Waals surface area contributed by atoms with Crippen molar-refractivity contribution in [3.8, 4) is 11.3 Å². The van der Waals surface area contributed by atoms with Crippen LogP contribution in [0.1, 0.15) is 12.8 Å². The van der Waals surface area contributed by atoms with Gasteiger partial charge in [0.2, 0.25) is 0 Å². The van der Waals surface area contributed by atoms with Crippen LogP contribution < -0.4 is 11.0 Å². The van der Waals surface area contributed by atoms with Crippen LogP contribution in [0.3, 0.4) is 0 Å². The molecule has 0 atom stereocenters. The summed E-state index contributed by atoms with van der Waals surface area (Å²) >= 11 is 0. The summed E-state index contributed by atoms with van der Waals surface area (Å²) < 4.78 is 1.86. The Balaban J connectivity index is 1.76. The molecule has 4 rings (SSSR count). The van der Waals surface area contributed by atoms with E-state index >= 15 is 0 Å². The fourth-order valence-electron chi connectivity index (χ4n) is 2.44. The first-order chi connectivity index (χ1) is 9.69. The van der Waals surface area contributed by atoms with E-state index in [0.29, 0.717) is 6.04 Å². The van der Waals surface area contributed by atoms with Gasteiger partial charge >= 0.3 is 5.69 Å². The van der Waals surface area contributed by atoms with E-state index < -0.39 is 0 Å². The van der Waals surface area contributed by atoms with Crippen LogP contribution in [0.25, 0.3) is 22.3 Å². The molecule has 0 bridgehead atoms. The SMILES string of the molecule is Cn1nc(NC2CC2)cc1-c1ccc2[nH]c(=O)[nH]c2c1. The second-order valence-corrected chi connectivity index (χ2v) is 5.30. The maximum absolute atomic E-state index is 11.3. The summed E-state index contributed by atoms with van der Waals surface area (Å²) in [7, 11) is 1.93. The number of benzene rings is 1. The van der Waals surface area contributed by atoms with E-state index in [1.54, 1.807) is 0 Å². The number of hydrogen-bond acceptors (Lipinski definition) is 3. The summed E-state index contributed by atoms with van der Waals surface area (Å²) in [6, 6.07) is 8.49. The molecule has 1 aliphatic rings. The number of hydrogen-bond donors (Lipinski definition) is 3. The molecule has 0 aliphatic heterocycles. The standard InChI is InChI=1S/C14H15N5O/c1-19-12(7-13(18-19)15-9-3-4-9)8-2-5-10-11(6-8)17-14(20)16-10/h2,5-7,9H,3-4H2,1H3,(H,15,18)(H2,16,17,20). The van der Waals surface area contributed by atoms with Gasteiger partial charge < -0.3 is 15.3 Å². The van der Waals surface area contributed by atoms with Crippen LogP contribution in [-0.2, 0) is 7.05 Å². The van der Waals surface area contributed by atoms with Crippen molar-refractivity contribution in [3.63, 3.8) is 0 Å². The van der Waals surface area contributed by atoms with E-state index in [2.05, 4.69) is 20.4 Å². The third-order valence-corrected chi connectivity index (χ3v) is 3.62. The van der Waals surface area contributed by atoms with Crippen molar-refractivity contribution >= 4 is 16.9 Å². The molecule has 1 aromatic carbocycles. The number of nitrogens with one attached hydrogen (secondary N) is 3. The molecule has 102 valence electrons. The van der Waals surface area contributed by atoms with Gasteiger partial charge in [0.05, 0.1) is 16.7 Å². The van der Waals surface area contributed by atoms with E-state index in [1.165, 1.54) is 12.8 Å². The zero-order chi connectivity index (χ0) is 13.7. The third-order valence-electron chi connectivity index (χ3n) is 3.62. The van der Waals surface area contributed by atoms with Crippen LogP contribution in [0, 0.1) is 0 Å². The van der Waals surface area contributed by atoms with Crippen LogP contribution in [0.2, 0.25) is 0 Å². The average Bonchev–Trinajstić information content (AvgIpc) is 3.02. The van der Waals surface area contributed by atoms with Crippen LogP contribution in [0.5, 0.6) is 0 Å². The topological polar surface area (TPSA) is 78.5 Å². The van der Waals surface area contributed by atoms with Gasteiger partial charge in [-0.2, -0.15) is 5.10 Å². The number of imidazole rings is 1. The number of H-pyrrole nitrogens is 2. The highest BCUT2D eigenvalue weighted by Gasteiger charge is 2.22. The second-order valence-electron chi connectivity index (χ2n) is 5.30. The second kappa shape index (κ2) is 4.00. The van der Waals surface area contributed by atoms with E-state index in [-0.39, 0.29) is 5.69 Å². The molecule has 2 heterocycles. The molecule has 0 radical (unpaired) electrons. The Hall–Kier alpha value is -2.50. The minimum Gasteiger partial charge on any atom is -0.366 e. The minimum atomic E-state index is -0.182. The first-order valence-corrected chi connectivity index (χ1v) is 6.72. The lowest BCUT2D eigenvalue weighted by Crippen LogP contribution is -2.01. The Morgan fingerprint density at radius 2 is 2.05 bits per heavy atom. The zero-order valence-corrected chi connectivity index (χ0v) is 11.1. The van der Waals surface area contributed by atoms with Gasteiger partial charge in [0.25, 0.3) is 0 Å². The smallest absolute Gasteiger partial charge is 0.323 e. The monoisotopic (exact) mass is 269 g/mol. The van der Waals surface area contributed by atoms with Gasteiger partial charge in [-0.25, -0.2) is 4.79 Å². The molecule has 0 unspecified atom stereocenters. The number of aromatic amines is 2. The molecule has 3 aromatic rings. The van der Waals surface area contributed by atoms with Crippen molar-refractivity contribution in [3.05, 3.63) is 34.7 Å². The third kappa shape index (κ3) is 1.89. The van der Waals surface area contributed by atoms with Crippen LogP contribution in [0.4, 0.5) is 5.82 Å². The largest absolute Gasteiger partial charge is 0.366 e. The van der Waals surface area contributed by atoms with Crippen molar-refractivity contribution in [2.75, 3.05) is 5.32 Å². The van der Waals surface area contributed by atoms with Crippen LogP contribution in [-0.4, -0.2) is 25.8 Å². The van der Waals surface area contributed by atoms with Crippen LogP contribution >= 0.6 is 0 Å². The molecule has 0 spiro atoms. The lowest BCUT2D eigenvalue weighted by Gasteiger charge is -2.01. The lowest BCUT2D eigenvalue weighted by molar-refractivity contribution is 0.776. The Kier molecular flexibility index (Phi) is 2.26. The highest BCUT2D eigenvalue weighted by atomic mass is 16.1. The number of fused-ring (bicyclic) bond motifs is 1. The Labute approximate surface area is 114 Å². The number of anilines is 1. The van der Waals surface area contributed by atoms with Crippen molar-refractivity contribution in [1.29, 1.82) is 0 Å². The van der Waals surface area contributed by atoms with Crippen molar-refractivity contribution in [2.45, 2.75) is 18.9 Å². The van der Waals surface area contributed by atoms with Gasteiger partial charge in [-0.15, -0.1) is 0 Å². The van der Waals surface area contributed by atoms with E-state index in [0.717, 1.165) is 28.1 Å².